The Hall–Kier alpha value is -7.35. The maximum absolute atomic E-state index is 13.6. The maximum Gasteiger partial charge on any atom is 0.402 e. The van der Waals surface area contributed by atoms with Gasteiger partial charge in [-0.1, -0.05) is 349 Å². The second-order valence-electron chi connectivity index (χ2n) is 33.1. The minimum atomic E-state index is -4.47. The van der Waals surface area contributed by atoms with Crippen LogP contribution in [-0.4, -0.2) is 78.3 Å². The highest BCUT2D eigenvalue weighted by Crippen LogP contribution is 2.60. The highest BCUT2D eigenvalue weighted by atomic mass is 35.5. The zero-order valence-corrected chi connectivity index (χ0v) is 80.7. The van der Waals surface area contributed by atoms with Crippen LogP contribution in [0.15, 0.2) is 146 Å². The first-order valence-electron chi connectivity index (χ1n) is 43.1. The van der Waals surface area contributed by atoms with E-state index in [4.69, 9.17) is 139 Å². The van der Waals surface area contributed by atoms with Gasteiger partial charge in [0.15, 0.2) is 0 Å². The van der Waals surface area contributed by atoms with E-state index in [9.17, 15) is 39.5 Å². The molecule has 0 fully saturated rings. The van der Waals surface area contributed by atoms with Crippen LogP contribution in [0, 0.1) is 0 Å². The lowest BCUT2D eigenvalue weighted by molar-refractivity contribution is -0.172. The molecule has 0 unspecified atom stereocenters. The molecule has 0 saturated heterocycles. The van der Waals surface area contributed by atoms with Gasteiger partial charge in [-0.25, -0.2) is 59.8 Å². The van der Waals surface area contributed by atoms with Crippen molar-refractivity contribution in [1.29, 1.82) is 0 Å². The van der Waals surface area contributed by atoms with Crippen molar-refractivity contribution >= 4 is 139 Å². The second kappa shape index (κ2) is 41.9. The van der Waals surface area contributed by atoms with Crippen LogP contribution in [0.4, 0.5) is 39.5 Å². The van der Waals surface area contributed by atoms with Crippen molar-refractivity contribution in [1.82, 2.24) is 59.8 Å². The Morgan fingerprint density at radius 1 is 0.231 bits per heavy atom. The Labute approximate surface area is 809 Å². The Morgan fingerprint density at radius 3 is 0.654 bits per heavy atom. The molecule has 0 aromatic carbocycles. The molecule has 130 heavy (non-hydrogen) atoms. The van der Waals surface area contributed by atoms with Crippen molar-refractivity contribution in [3.8, 4) is 68.3 Å². The number of nitrogens with zero attached hydrogens (tertiary/aromatic N) is 12. The van der Waals surface area contributed by atoms with Crippen LogP contribution in [0.5, 0.6) is 0 Å². The van der Waals surface area contributed by atoms with Crippen molar-refractivity contribution in [2.75, 3.05) is 0 Å². The first-order valence-corrected chi connectivity index (χ1v) is 47.6. The van der Waals surface area contributed by atoms with Gasteiger partial charge in [-0.05, 0) is 186 Å². The van der Waals surface area contributed by atoms with Gasteiger partial charge in [0.1, 0.15) is 78.6 Å². The van der Waals surface area contributed by atoms with Crippen LogP contribution in [0.1, 0.15) is 262 Å². The fraction of sp³-hybridized carbons (Fsp3) is 0.381. The van der Waals surface area contributed by atoms with Gasteiger partial charge in [-0.15, -0.1) is 0 Å². The van der Waals surface area contributed by atoms with E-state index in [1.54, 1.807) is 0 Å². The number of halogens is 21. The fourth-order valence-electron chi connectivity index (χ4n) is 18.6. The number of pyridine rings is 12. The normalized spacial score (nSPS) is 14.7. The molecule has 12 nitrogen and oxygen atoms in total. The first-order chi connectivity index (χ1) is 61.8. The number of aromatic nitrogens is 12. The molecule has 6 aliphatic rings. The summed E-state index contributed by atoms with van der Waals surface area (Å²) < 4.78 is 121. The van der Waals surface area contributed by atoms with Crippen LogP contribution in [-0.2, 0) is 21.7 Å². The molecule has 18 rings (SSSR count). The number of rotatable bonds is 21. The van der Waals surface area contributed by atoms with Crippen molar-refractivity contribution in [3.05, 3.63) is 274 Å². The van der Waals surface area contributed by atoms with Gasteiger partial charge < -0.3 is 0 Å². The molecular weight excluding hydrogens is 1930 g/mol. The van der Waals surface area contributed by atoms with Gasteiger partial charge in [-0.3, -0.25) is 0 Å². The summed E-state index contributed by atoms with van der Waals surface area (Å²) in [6.45, 7) is 13.5. The molecule has 0 aliphatic heterocycles. The molecule has 0 atom stereocenters. The van der Waals surface area contributed by atoms with E-state index >= 15 is 0 Å². The largest absolute Gasteiger partial charge is 0.402 e. The summed E-state index contributed by atoms with van der Waals surface area (Å²) in [6.07, 6.45) is 12.2. The molecule has 0 bridgehead atoms. The van der Waals surface area contributed by atoms with Crippen LogP contribution < -0.4 is 0 Å². The molecular formula is C97H89Cl12F9N12. The minimum absolute atomic E-state index is 0.00132. The van der Waals surface area contributed by atoms with Gasteiger partial charge in [-0.2, -0.15) is 39.5 Å². The van der Waals surface area contributed by atoms with Crippen molar-refractivity contribution < 1.29 is 39.5 Å². The summed E-state index contributed by atoms with van der Waals surface area (Å²) >= 11 is 71.5. The van der Waals surface area contributed by atoms with E-state index < -0.39 is 35.3 Å². The summed E-state index contributed by atoms with van der Waals surface area (Å²) in [4.78, 5) is 51.3. The van der Waals surface area contributed by atoms with E-state index in [0.29, 0.717) is 36.8 Å². The Kier molecular flexibility index (Phi) is 32.2. The van der Waals surface area contributed by atoms with Gasteiger partial charge in [0.2, 0.25) is 0 Å². The molecule has 0 spiro atoms. The lowest BCUT2D eigenvalue weighted by atomic mass is 9.71. The zero-order valence-electron chi connectivity index (χ0n) is 71.7. The summed E-state index contributed by atoms with van der Waals surface area (Å²) in [7, 11) is 0. The summed E-state index contributed by atoms with van der Waals surface area (Å²) in [6, 6.07) is 40.3. The molecule has 0 radical (unpaired) electrons. The van der Waals surface area contributed by atoms with Gasteiger partial charge in [0.05, 0.1) is 68.3 Å². The van der Waals surface area contributed by atoms with E-state index in [0.717, 1.165) is 80.1 Å². The monoisotopic (exact) mass is 2010 g/mol. The van der Waals surface area contributed by atoms with Gasteiger partial charge >= 0.3 is 18.5 Å². The lowest BCUT2D eigenvalue weighted by Gasteiger charge is -2.32. The number of fused-ring (bicyclic) bond motifs is 18. The van der Waals surface area contributed by atoms with Crippen LogP contribution in [0.25, 0.3) is 68.3 Å². The standard InChI is InChI=1S/C23H30Cl2N2.C19H22Cl2N2.C17H18Cl2N2.2C13H7Cl2F3N2.C12H5Cl2F3N2/c1-3-5-7-9-15-23(16-10-8-6-4-2)17-11-13-19(24)26-21(17)22-18(23)12-14-20(25)27-22;1-3-5-11-19(12-6-4-2)13-7-9-15(20)22-17(13)18-14(19)8-10-16(21)23-18;1-2-3-4-5-6-11-12-7-9-14(18)20-16(12)17-13(11)8-10-15(19)21-17;2*1-12(13(16,17)18)6-2-4-8(14)19-10(6)11-7(12)3-5-9(15)20-11;13-7-3-1-5-9(12(15,16)17)6-2-4-8(14)19-11(6)10(5)18-7/h11-14H,3-10,15-16H2,1-2H3;7-10H,3-6,11-12H2,1-2H3;7-11H,2-6H2,1H3;2*2-5H,1H3;1-4,9H. The molecule has 684 valence electrons. The quantitative estimate of drug-likeness (QED) is 0.0382. The van der Waals surface area contributed by atoms with Crippen LogP contribution >= 0.6 is 139 Å². The Morgan fingerprint density at radius 2 is 0.423 bits per heavy atom. The molecule has 33 heteroatoms. The first kappa shape index (κ1) is 100. The summed E-state index contributed by atoms with van der Waals surface area (Å²) in [5.74, 6) is -1.35. The lowest BCUT2D eigenvalue weighted by Crippen LogP contribution is -2.38. The summed E-state index contributed by atoms with van der Waals surface area (Å²) in [5.41, 5.74) is 9.92. The average molecular weight is 2020 g/mol. The molecule has 0 saturated carbocycles. The van der Waals surface area contributed by atoms with Crippen LogP contribution in [0.3, 0.4) is 0 Å². The molecule has 6 aliphatic carbocycles. The van der Waals surface area contributed by atoms with E-state index in [1.807, 2.05) is 36.4 Å². The maximum atomic E-state index is 13.6. The van der Waals surface area contributed by atoms with Crippen molar-refractivity contribution in [3.63, 3.8) is 0 Å². The minimum Gasteiger partial charge on any atom is -0.234 e. The molecule has 12 aromatic rings. The second-order valence-corrected chi connectivity index (χ2v) is 37.8. The van der Waals surface area contributed by atoms with Gasteiger partial charge in [0.25, 0.3) is 0 Å². The fourth-order valence-corrected chi connectivity index (χ4v) is 20.4. The Balaban J connectivity index is 0.000000133. The predicted molar refractivity (Wildman–Crippen MR) is 507 cm³/mol. The number of hydrogen-bond acceptors (Lipinski definition) is 12. The zero-order chi connectivity index (χ0) is 93.7. The number of unbranched alkanes of at least 4 members (excludes halogenated alkanes) is 11. The van der Waals surface area contributed by atoms with E-state index in [1.165, 1.54) is 209 Å². The third-order valence-corrected chi connectivity index (χ3v) is 27.6. The van der Waals surface area contributed by atoms with Crippen LogP contribution in [0.2, 0.25) is 61.8 Å². The molecule has 12 heterocycles. The SMILES string of the molecule is CC1(C(F)(F)F)c2ccc(Cl)nc2-c2nc(Cl)ccc21.CC1(C(F)(F)F)c2ccc(Cl)nc2-c2nc(Cl)ccc21.CCCCC1(CCCC)c2ccc(Cl)nc2-c2nc(Cl)ccc21.CCCCCCC1(CCCCCC)c2ccc(Cl)nc2-c2nc(Cl)ccc21.CCCCCCC1c2ccc(Cl)nc2-c2nc(Cl)ccc21.FC(F)(F)C1c2ccc(Cl)nc2-c2nc(Cl)ccc21. The topological polar surface area (TPSA) is 155 Å². The average Bonchev–Trinajstić information content (AvgIpc) is 1.57. The van der Waals surface area contributed by atoms with Crippen molar-refractivity contribution in [2.24, 2.45) is 0 Å². The predicted octanol–water partition coefficient (Wildman–Crippen LogP) is 34.0. The molecule has 12 aromatic heterocycles. The third-order valence-electron chi connectivity index (χ3n) is 25.0. The highest BCUT2D eigenvalue weighted by molar-refractivity contribution is 6.33. The number of hydrogen-bond donors (Lipinski definition) is 0. The van der Waals surface area contributed by atoms with E-state index in [2.05, 4.69) is 131 Å². The number of alkyl halides is 9. The van der Waals surface area contributed by atoms with Gasteiger partial charge in [0, 0.05) is 16.7 Å². The van der Waals surface area contributed by atoms with E-state index in [-0.39, 0.29) is 109 Å². The summed E-state index contributed by atoms with van der Waals surface area (Å²) in [5, 5.41) is 3.78. The van der Waals surface area contributed by atoms with Crippen molar-refractivity contribution in [2.45, 2.75) is 235 Å². The highest BCUT2D eigenvalue weighted by Gasteiger charge is 2.61. The third kappa shape index (κ3) is 20.4. The molecule has 0 N–H and O–H groups in total. The smallest absolute Gasteiger partial charge is 0.234 e. The molecule has 0 amide bonds. The Bertz CT molecular complexity index is 5680.